The number of nitrogens with one attached hydrogen (secondary N) is 1. The molecule has 0 bridgehead atoms. The van der Waals surface area contributed by atoms with Crippen LogP contribution in [0.2, 0.25) is 0 Å². The minimum Gasteiger partial charge on any atom is -0.493 e. The van der Waals surface area contributed by atoms with Crippen molar-refractivity contribution in [3.63, 3.8) is 0 Å². The quantitative estimate of drug-likeness (QED) is 0.343. The van der Waals surface area contributed by atoms with Crippen molar-refractivity contribution >= 4 is 40.6 Å². The summed E-state index contributed by atoms with van der Waals surface area (Å²) in [5.41, 5.74) is 11.5. The van der Waals surface area contributed by atoms with Crippen LogP contribution in [-0.2, 0) is 9.53 Å². The lowest BCUT2D eigenvalue weighted by Crippen LogP contribution is -2.45. The fourth-order valence-corrected chi connectivity index (χ4v) is 5.02. The van der Waals surface area contributed by atoms with Crippen LogP contribution in [0.5, 0.6) is 11.5 Å². The monoisotopic (exact) mass is 557 g/mol. The fourth-order valence-electron chi connectivity index (χ4n) is 4.28. The molecular weight excluding hydrogens is 529 g/mol. The number of rotatable bonds is 10. The van der Waals surface area contributed by atoms with Gasteiger partial charge in [0, 0.05) is 18.8 Å². The van der Waals surface area contributed by atoms with Crippen LogP contribution in [0, 0.1) is 5.82 Å². The first-order valence-electron chi connectivity index (χ1n) is 12.0. The van der Waals surface area contributed by atoms with Crippen molar-refractivity contribution in [1.29, 1.82) is 0 Å². The van der Waals surface area contributed by atoms with E-state index in [0.717, 1.165) is 25.0 Å². The van der Waals surface area contributed by atoms with Gasteiger partial charge < -0.3 is 31.0 Å². The van der Waals surface area contributed by atoms with Gasteiger partial charge in [-0.05, 0) is 66.3 Å². The number of nitrogens with zero attached hydrogens (tertiary/aromatic N) is 2. The van der Waals surface area contributed by atoms with E-state index in [0.29, 0.717) is 35.2 Å². The first kappa shape index (κ1) is 27.8. The molecular formula is C26H28FN5O6S. The van der Waals surface area contributed by atoms with Crippen LogP contribution < -0.4 is 31.2 Å². The van der Waals surface area contributed by atoms with Crippen LogP contribution in [0.3, 0.4) is 0 Å². The summed E-state index contributed by atoms with van der Waals surface area (Å²) in [6, 6.07) is 8.57. The number of anilines is 2. The zero-order valence-corrected chi connectivity index (χ0v) is 22.1. The maximum absolute atomic E-state index is 14.1. The lowest BCUT2D eigenvalue weighted by molar-refractivity contribution is -0.123. The van der Waals surface area contributed by atoms with E-state index in [4.69, 9.17) is 25.7 Å². The standard InChI is InChI=1S/C26H28FN5O6S/c1-36-18-10-5-14(12-19(18)37-2)22(25(34)30-13-17-4-3-11-38-17)32(16-8-6-15(27)7-9-16)26(35)23-20(28)21(24(29)33)31-39-23/h5-10,12,17,22H,3-4,11,13,28H2,1-2H3,(H2,29,33)(H,30,34)/t17-,22+/m0/s1. The van der Waals surface area contributed by atoms with Crippen molar-refractivity contribution in [2.24, 2.45) is 5.73 Å². The number of aromatic nitrogens is 1. The van der Waals surface area contributed by atoms with Crippen LogP contribution >= 0.6 is 11.5 Å². The van der Waals surface area contributed by atoms with Crippen molar-refractivity contribution in [1.82, 2.24) is 9.69 Å². The van der Waals surface area contributed by atoms with E-state index < -0.39 is 29.6 Å². The third-order valence-corrected chi connectivity index (χ3v) is 7.09. The number of hydrogen-bond acceptors (Lipinski definition) is 9. The second kappa shape index (κ2) is 12.1. The van der Waals surface area contributed by atoms with E-state index in [1.165, 1.54) is 31.3 Å². The summed E-state index contributed by atoms with van der Waals surface area (Å²) < 4.78 is 34.2. The van der Waals surface area contributed by atoms with Gasteiger partial charge in [-0.2, -0.15) is 4.37 Å². The van der Waals surface area contributed by atoms with Gasteiger partial charge in [0.2, 0.25) is 5.91 Å². The van der Waals surface area contributed by atoms with E-state index in [1.54, 1.807) is 18.2 Å². The van der Waals surface area contributed by atoms with Crippen molar-refractivity contribution in [2.75, 3.05) is 38.0 Å². The molecule has 206 valence electrons. The molecule has 1 saturated heterocycles. The Morgan fingerprint density at radius 2 is 1.90 bits per heavy atom. The molecule has 1 fully saturated rings. The Morgan fingerprint density at radius 1 is 1.18 bits per heavy atom. The third kappa shape index (κ3) is 5.94. The normalized spacial score (nSPS) is 15.4. The van der Waals surface area contributed by atoms with Gasteiger partial charge in [0.25, 0.3) is 11.8 Å². The summed E-state index contributed by atoms with van der Waals surface area (Å²) in [6.07, 6.45) is 1.51. The maximum Gasteiger partial charge on any atom is 0.273 e. The molecule has 0 aliphatic carbocycles. The average molecular weight is 558 g/mol. The summed E-state index contributed by atoms with van der Waals surface area (Å²) in [5.74, 6) is -1.97. The Kier molecular flexibility index (Phi) is 8.62. The van der Waals surface area contributed by atoms with Crippen molar-refractivity contribution in [2.45, 2.75) is 25.0 Å². The summed E-state index contributed by atoms with van der Waals surface area (Å²) in [4.78, 5) is 40.7. The third-order valence-electron chi connectivity index (χ3n) is 6.24. The number of ether oxygens (including phenoxy) is 3. The molecule has 1 aromatic heterocycles. The largest absolute Gasteiger partial charge is 0.493 e. The summed E-state index contributed by atoms with van der Waals surface area (Å²) in [7, 11) is 2.92. The van der Waals surface area contributed by atoms with Gasteiger partial charge in [-0.25, -0.2) is 4.39 Å². The summed E-state index contributed by atoms with van der Waals surface area (Å²) in [5, 5.41) is 2.87. The molecule has 13 heteroatoms. The molecule has 4 rings (SSSR count). The molecule has 0 radical (unpaired) electrons. The average Bonchev–Trinajstić information content (AvgIpc) is 3.60. The highest BCUT2D eigenvalue weighted by Gasteiger charge is 2.37. The minimum atomic E-state index is -1.28. The second-order valence-electron chi connectivity index (χ2n) is 8.69. The van der Waals surface area contributed by atoms with E-state index in [2.05, 4.69) is 9.69 Å². The predicted octanol–water partition coefficient (Wildman–Crippen LogP) is 2.66. The highest BCUT2D eigenvalue weighted by atomic mass is 32.1. The van der Waals surface area contributed by atoms with Gasteiger partial charge in [0.05, 0.1) is 26.0 Å². The number of nitrogens with two attached hydrogens (primary N) is 2. The first-order chi connectivity index (χ1) is 18.7. The molecule has 0 spiro atoms. The van der Waals surface area contributed by atoms with Crippen LogP contribution in [0.25, 0.3) is 0 Å². The molecule has 3 aromatic rings. The molecule has 1 aliphatic rings. The van der Waals surface area contributed by atoms with Gasteiger partial charge in [0.15, 0.2) is 17.2 Å². The zero-order valence-electron chi connectivity index (χ0n) is 21.3. The van der Waals surface area contributed by atoms with Crippen LogP contribution in [0.1, 0.15) is 44.6 Å². The minimum absolute atomic E-state index is 0.106. The molecule has 0 saturated carbocycles. The Balaban J connectivity index is 1.85. The number of carbonyl (C=O) groups is 3. The highest BCUT2D eigenvalue weighted by Crippen LogP contribution is 2.36. The van der Waals surface area contributed by atoms with Crippen molar-refractivity contribution in [3.05, 3.63) is 64.4 Å². The Bertz CT molecular complexity index is 1360. The van der Waals surface area contributed by atoms with Crippen molar-refractivity contribution < 1.29 is 33.0 Å². The number of hydrogen-bond donors (Lipinski definition) is 3. The Labute approximate surface area is 228 Å². The molecule has 11 nitrogen and oxygen atoms in total. The number of halogens is 1. The molecule has 2 atom stereocenters. The second-order valence-corrected chi connectivity index (χ2v) is 9.46. The Hall–Kier alpha value is -4.23. The molecule has 1 aliphatic heterocycles. The van der Waals surface area contributed by atoms with Gasteiger partial charge in [-0.3, -0.25) is 19.3 Å². The number of carbonyl (C=O) groups excluding carboxylic acids is 3. The van der Waals surface area contributed by atoms with E-state index in [9.17, 15) is 18.8 Å². The van der Waals surface area contributed by atoms with Crippen LogP contribution in [0.15, 0.2) is 42.5 Å². The highest BCUT2D eigenvalue weighted by molar-refractivity contribution is 7.09. The molecule has 2 heterocycles. The van der Waals surface area contributed by atoms with Gasteiger partial charge >= 0.3 is 0 Å². The molecule has 5 N–H and O–H groups in total. The molecule has 2 aromatic carbocycles. The van der Waals surface area contributed by atoms with E-state index >= 15 is 0 Å². The van der Waals surface area contributed by atoms with Crippen LogP contribution in [-0.4, -0.2) is 55.6 Å². The number of amides is 3. The van der Waals surface area contributed by atoms with Gasteiger partial charge in [-0.1, -0.05) is 6.07 Å². The zero-order chi connectivity index (χ0) is 28.1. The van der Waals surface area contributed by atoms with Gasteiger partial charge in [0.1, 0.15) is 16.7 Å². The fraction of sp³-hybridized carbons (Fsp3) is 0.308. The number of methoxy groups -OCH3 is 2. The predicted molar refractivity (Wildman–Crippen MR) is 143 cm³/mol. The number of benzene rings is 2. The van der Waals surface area contributed by atoms with Gasteiger partial charge in [-0.15, -0.1) is 0 Å². The number of nitrogen functional groups attached to an aromatic ring is 1. The number of primary amides is 1. The lowest BCUT2D eigenvalue weighted by Gasteiger charge is -2.32. The Morgan fingerprint density at radius 3 is 2.49 bits per heavy atom. The van der Waals surface area contributed by atoms with Crippen molar-refractivity contribution in [3.8, 4) is 11.5 Å². The topological polar surface area (TPSA) is 159 Å². The molecule has 0 unspecified atom stereocenters. The first-order valence-corrected chi connectivity index (χ1v) is 12.8. The SMILES string of the molecule is COc1ccc([C@H](C(=O)NC[C@@H]2CCCO2)N(C(=O)c2snc(C(N)=O)c2N)c2ccc(F)cc2)cc1OC. The molecule has 3 amide bonds. The summed E-state index contributed by atoms with van der Waals surface area (Å²) in [6.45, 7) is 0.829. The maximum atomic E-state index is 14.1. The van der Waals surface area contributed by atoms with E-state index in [-0.39, 0.29) is 34.6 Å². The molecule has 39 heavy (non-hydrogen) atoms. The summed E-state index contributed by atoms with van der Waals surface area (Å²) >= 11 is 0.673. The smallest absolute Gasteiger partial charge is 0.273 e. The lowest BCUT2D eigenvalue weighted by atomic mass is 10.0. The van der Waals surface area contributed by atoms with E-state index in [1.807, 2.05) is 0 Å². The van der Waals surface area contributed by atoms with Crippen LogP contribution in [0.4, 0.5) is 15.8 Å².